The van der Waals surface area contributed by atoms with Crippen molar-refractivity contribution in [1.29, 1.82) is 0 Å². The second kappa shape index (κ2) is 11.4. The maximum absolute atomic E-state index is 9.88. The number of para-hydroxylation sites is 4. The van der Waals surface area contributed by atoms with Gasteiger partial charge in [-0.1, -0.05) is 133 Å². The van der Waals surface area contributed by atoms with E-state index in [4.69, 9.17) is 26.7 Å². The molecule has 0 aliphatic heterocycles. The maximum atomic E-state index is 9.88. The third-order valence-electron chi connectivity index (χ3n) is 8.78. The van der Waals surface area contributed by atoms with Crippen LogP contribution in [0.5, 0.6) is 0 Å². The van der Waals surface area contributed by atoms with E-state index in [0.29, 0.717) is 28.0 Å². The standard InChI is InChI=1S/C46H29N3O/c1-3-12-30(13-4-1)31-22-24-32(25-23-31)46-47-40(29-41(48-46)39-19-11-18-38-37-17-8-10-21-44(37)50-45(38)39)33-26-27-36-35-16-7-9-20-42(35)49(43(36)28-33)34-14-5-2-6-15-34/h1-29H/i2D,5D,6D,7D,9D,14D,15D,16D,20D,26D,27D,28D. The summed E-state index contributed by atoms with van der Waals surface area (Å²) in [6, 6.07) is 24.6. The van der Waals surface area contributed by atoms with Crippen LogP contribution in [0.25, 0.3) is 94.5 Å². The molecule has 10 rings (SSSR count). The molecular weight excluding hydrogens is 611 g/mol. The first-order valence-electron chi connectivity index (χ1n) is 21.9. The first-order chi connectivity index (χ1) is 29.8. The number of furan rings is 1. The van der Waals surface area contributed by atoms with Crippen LogP contribution in [0.1, 0.15) is 16.4 Å². The van der Waals surface area contributed by atoms with Gasteiger partial charge in [-0.3, -0.25) is 0 Å². The van der Waals surface area contributed by atoms with E-state index in [0.717, 1.165) is 26.5 Å². The number of nitrogens with zero attached hydrogens (tertiary/aromatic N) is 3. The zero-order valence-corrected chi connectivity index (χ0v) is 26.1. The van der Waals surface area contributed by atoms with Crippen LogP contribution in [0.4, 0.5) is 0 Å². The highest BCUT2D eigenvalue weighted by atomic mass is 16.3. The van der Waals surface area contributed by atoms with E-state index in [1.54, 1.807) is 6.07 Å². The minimum absolute atomic E-state index is 0.0353. The Morgan fingerprint density at radius 1 is 0.500 bits per heavy atom. The van der Waals surface area contributed by atoms with E-state index in [9.17, 15) is 4.11 Å². The van der Waals surface area contributed by atoms with Gasteiger partial charge in [0.25, 0.3) is 0 Å². The SMILES string of the molecule is [2H]c1c([2H])c([2H])c(-n2c3c([2H])c([2H])c([2H])c([2H])c3c3c([2H])c([2H])c(-c4cc(-c5cccc6c5oc5ccccc56)nc(-c5ccc(-c6ccccc6)cc5)n4)c([2H])c32)c([2H])c1[2H]. The van der Waals surface area contributed by atoms with E-state index in [1.807, 2.05) is 97.1 Å². The Hall–Kier alpha value is -6.78. The molecule has 4 heteroatoms. The first-order valence-corrected chi connectivity index (χ1v) is 15.9. The molecule has 3 aromatic heterocycles. The van der Waals surface area contributed by atoms with Crippen molar-refractivity contribution < 1.29 is 20.9 Å². The number of rotatable bonds is 5. The summed E-state index contributed by atoms with van der Waals surface area (Å²) >= 11 is 0. The molecule has 7 aromatic carbocycles. The van der Waals surface area contributed by atoms with Crippen LogP contribution in [0.2, 0.25) is 0 Å². The predicted octanol–water partition coefficient (Wildman–Crippen LogP) is 12.1. The Labute approximate surface area is 305 Å². The molecule has 0 atom stereocenters. The van der Waals surface area contributed by atoms with E-state index in [2.05, 4.69) is 0 Å². The molecule has 0 N–H and O–H groups in total. The monoisotopic (exact) mass is 651 g/mol. The Bertz CT molecular complexity index is 3520. The van der Waals surface area contributed by atoms with Crippen LogP contribution in [0.15, 0.2) is 180 Å². The van der Waals surface area contributed by atoms with Crippen LogP contribution in [-0.4, -0.2) is 14.5 Å². The van der Waals surface area contributed by atoms with Crippen molar-refractivity contribution in [2.24, 2.45) is 0 Å². The smallest absolute Gasteiger partial charge is 0.160 e. The quantitative estimate of drug-likeness (QED) is 0.186. The van der Waals surface area contributed by atoms with Gasteiger partial charge in [-0.05, 0) is 53.5 Å². The van der Waals surface area contributed by atoms with E-state index < -0.39 is 78.2 Å². The summed E-state index contributed by atoms with van der Waals surface area (Å²) in [6.07, 6.45) is 0. The number of hydrogen-bond acceptors (Lipinski definition) is 3. The topological polar surface area (TPSA) is 43.9 Å². The van der Waals surface area contributed by atoms with E-state index >= 15 is 0 Å². The fourth-order valence-electron chi connectivity index (χ4n) is 6.45. The fourth-order valence-corrected chi connectivity index (χ4v) is 6.45. The van der Waals surface area contributed by atoms with Crippen molar-refractivity contribution in [2.45, 2.75) is 0 Å². The summed E-state index contributed by atoms with van der Waals surface area (Å²) in [4.78, 5) is 9.94. The molecule has 0 radical (unpaired) electrons. The van der Waals surface area contributed by atoms with E-state index in [1.165, 1.54) is 0 Å². The molecule has 0 fully saturated rings. The second-order valence-corrected chi connectivity index (χ2v) is 11.7. The van der Waals surface area contributed by atoms with Gasteiger partial charge in [0.05, 0.1) is 38.9 Å². The highest BCUT2D eigenvalue weighted by Gasteiger charge is 2.18. The Balaban J connectivity index is 1.32. The summed E-state index contributed by atoms with van der Waals surface area (Å²) < 4.78 is 114. The molecule has 50 heavy (non-hydrogen) atoms. The lowest BCUT2D eigenvalue weighted by Gasteiger charge is -2.12. The summed E-state index contributed by atoms with van der Waals surface area (Å²) in [5, 5.41) is 1.25. The molecule has 0 saturated heterocycles. The number of hydrogen-bond donors (Lipinski definition) is 0. The molecule has 0 aliphatic carbocycles. The zero-order valence-electron chi connectivity index (χ0n) is 38.1. The molecule has 3 heterocycles. The van der Waals surface area contributed by atoms with Gasteiger partial charge in [0, 0.05) is 43.9 Å². The molecular formula is C46H29N3O. The van der Waals surface area contributed by atoms with Gasteiger partial charge in [0.2, 0.25) is 0 Å². The highest BCUT2D eigenvalue weighted by Crippen LogP contribution is 2.39. The molecule has 0 amide bonds. The first kappa shape index (κ1) is 18.7. The van der Waals surface area contributed by atoms with Gasteiger partial charge in [0.1, 0.15) is 11.2 Å². The fraction of sp³-hybridized carbons (Fsp3) is 0. The van der Waals surface area contributed by atoms with Gasteiger partial charge in [0.15, 0.2) is 5.82 Å². The van der Waals surface area contributed by atoms with Gasteiger partial charge >= 0.3 is 0 Å². The molecule has 234 valence electrons. The Morgan fingerprint density at radius 3 is 2.08 bits per heavy atom. The predicted molar refractivity (Wildman–Crippen MR) is 205 cm³/mol. The summed E-state index contributed by atoms with van der Waals surface area (Å²) in [6.45, 7) is 0. The van der Waals surface area contributed by atoms with Crippen LogP contribution in [-0.2, 0) is 0 Å². The molecule has 0 bridgehead atoms. The molecule has 0 spiro atoms. The van der Waals surface area contributed by atoms with E-state index in [-0.39, 0.29) is 38.9 Å². The lowest BCUT2D eigenvalue weighted by molar-refractivity contribution is 0.670. The number of benzene rings is 7. The van der Waals surface area contributed by atoms with Crippen LogP contribution in [0, 0.1) is 0 Å². The van der Waals surface area contributed by atoms with Crippen molar-refractivity contribution in [1.82, 2.24) is 14.5 Å². The van der Waals surface area contributed by atoms with Gasteiger partial charge in [-0.15, -0.1) is 0 Å². The number of aromatic nitrogens is 3. The number of fused-ring (bicyclic) bond motifs is 6. The van der Waals surface area contributed by atoms with Gasteiger partial charge in [-0.25, -0.2) is 9.97 Å². The van der Waals surface area contributed by atoms with Crippen molar-refractivity contribution in [2.75, 3.05) is 0 Å². The minimum atomic E-state index is -0.713. The van der Waals surface area contributed by atoms with Gasteiger partial charge in [-0.2, -0.15) is 0 Å². The highest BCUT2D eigenvalue weighted by molar-refractivity contribution is 6.11. The van der Waals surface area contributed by atoms with Crippen molar-refractivity contribution in [3.63, 3.8) is 0 Å². The lowest BCUT2D eigenvalue weighted by atomic mass is 10.0. The molecule has 0 aliphatic rings. The van der Waals surface area contributed by atoms with Crippen LogP contribution >= 0.6 is 0 Å². The Kier molecular flexibility index (Phi) is 4.27. The second-order valence-electron chi connectivity index (χ2n) is 11.7. The summed E-state index contributed by atoms with van der Waals surface area (Å²) in [5.74, 6) is 0.210. The Morgan fingerprint density at radius 2 is 1.20 bits per heavy atom. The normalized spacial score (nSPS) is 15.0. The minimum Gasteiger partial charge on any atom is -0.455 e. The average molecular weight is 652 g/mol. The van der Waals surface area contributed by atoms with Crippen LogP contribution < -0.4 is 0 Å². The maximum Gasteiger partial charge on any atom is 0.160 e. The molecule has 10 aromatic rings. The van der Waals surface area contributed by atoms with Crippen molar-refractivity contribution >= 4 is 43.7 Å². The van der Waals surface area contributed by atoms with Crippen LogP contribution in [0.3, 0.4) is 0 Å². The third kappa shape index (κ3) is 4.61. The summed E-state index contributed by atoms with van der Waals surface area (Å²) in [7, 11) is 0. The average Bonchev–Trinajstić information content (AvgIpc) is 3.86. The molecule has 0 saturated carbocycles. The van der Waals surface area contributed by atoms with Gasteiger partial charge < -0.3 is 8.98 Å². The summed E-state index contributed by atoms with van der Waals surface area (Å²) in [5.41, 5.74) is 3.42. The van der Waals surface area contributed by atoms with Crippen molar-refractivity contribution in [3.8, 4) is 50.7 Å². The third-order valence-corrected chi connectivity index (χ3v) is 8.78. The molecule has 0 unspecified atom stereocenters. The van der Waals surface area contributed by atoms with Crippen molar-refractivity contribution in [3.05, 3.63) is 176 Å². The largest absolute Gasteiger partial charge is 0.455 e. The molecule has 4 nitrogen and oxygen atoms in total. The zero-order chi connectivity index (χ0) is 43.5. The lowest BCUT2D eigenvalue weighted by Crippen LogP contribution is -1.97.